The van der Waals surface area contributed by atoms with E-state index in [0.29, 0.717) is 0 Å². The Kier molecular flexibility index (Phi) is 2.00. The lowest BCUT2D eigenvalue weighted by molar-refractivity contribution is 0.402. The van der Waals surface area contributed by atoms with Crippen molar-refractivity contribution >= 4 is 0 Å². The van der Waals surface area contributed by atoms with Gasteiger partial charge in [0.25, 0.3) is 0 Å². The third-order valence-corrected chi connectivity index (χ3v) is 1.74. The molecule has 1 aromatic rings. The molecule has 0 bridgehead atoms. The van der Waals surface area contributed by atoms with Crippen LogP contribution in [0, 0.1) is 31.3 Å². The first-order valence-electron chi connectivity index (χ1n) is 3.29. The zero-order valence-electron chi connectivity index (χ0n) is 6.58. The van der Waals surface area contributed by atoms with Gasteiger partial charge >= 0.3 is 0 Å². The lowest BCUT2D eigenvalue weighted by atomic mass is 10.1. The van der Waals surface area contributed by atoms with E-state index in [1.54, 1.807) is 0 Å². The third kappa shape index (κ3) is 1.03. The highest BCUT2D eigenvalue weighted by Crippen LogP contribution is 2.28. The van der Waals surface area contributed by atoms with Gasteiger partial charge in [-0.3, -0.25) is 0 Å². The van der Waals surface area contributed by atoms with Gasteiger partial charge in [0.1, 0.15) is 0 Å². The molecule has 0 saturated carbocycles. The summed E-state index contributed by atoms with van der Waals surface area (Å²) in [7, 11) is 0. The second-order valence-electron chi connectivity index (χ2n) is 2.54. The Bertz CT molecular complexity index is 229. The summed E-state index contributed by atoms with van der Waals surface area (Å²) in [5.74, 6) is -4.38. The standard InChI is InChI=1S/C8H7F3O/c1-3-5(9)6(10)4(2)8(12)7(3)11/h12H,1-2H3. The van der Waals surface area contributed by atoms with Crippen molar-refractivity contribution < 1.29 is 18.3 Å². The molecule has 1 aromatic carbocycles. The van der Waals surface area contributed by atoms with Gasteiger partial charge in [0.2, 0.25) is 0 Å². The maximum atomic E-state index is 12.8. The summed E-state index contributed by atoms with van der Waals surface area (Å²) in [6.07, 6.45) is 0. The molecule has 0 fully saturated rings. The first kappa shape index (κ1) is 8.90. The van der Waals surface area contributed by atoms with Crippen LogP contribution in [0.3, 0.4) is 0 Å². The summed E-state index contributed by atoms with van der Waals surface area (Å²) in [5.41, 5.74) is -0.911. The summed E-state index contributed by atoms with van der Waals surface area (Å²) < 4.78 is 38.2. The average molecular weight is 176 g/mol. The number of halogens is 3. The lowest BCUT2D eigenvalue weighted by Gasteiger charge is -2.06. The minimum absolute atomic E-state index is 0.407. The first-order chi connectivity index (χ1) is 5.46. The number of phenolic OH excluding ortho intramolecular Hbond substituents is 1. The average Bonchev–Trinajstić information content (AvgIpc) is 2.08. The topological polar surface area (TPSA) is 20.2 Å². The van der Waals surface area contributed by atoms with Crippen molar-refractivity contribution in [2.45, 2.75) is 13.8 Å². The predicted octanol–water partition coefficient (Wildman–Crippen LogP) is 2.43. The van der Waals surface area contributed by atoms with E-state index in [4.69, 9.17) is 5.11 Å². The summed E-state index contributed by atoms with van der Waals surface area (Å²) in [4.78, 5) is 0. The van der Waals surface area contributed by atoms with Crippen LogP contribution < -0.4 is 0 Å². The van der Waals surface area contributed by atoms with Gasteiger partial charge in [-0.05, 0) is 13.8 Å². The minimum Gasteiger partial charge on any atom is -0.505 e. The molecule has 1 rings (SSSR count). The predicted molar refractivity (Wildman–Crippen MR) is 37.5 cm³/mol. The summed E-state index contributed by atoms with van der Waals surface area (Å²) in [5, 5.41) is 8.91. The summed E-state index contributed by atoms with van der Waals surface area (Å²) in [6, 6.07) is 0. The molecular formula is C8H7F3O. The molecule has 0 aromatic heterocycles. The van der Waals surface area contributed by atoms with Crippen LogP contribution >= 0.6 is 0 Å². The second-order valence-corrected chi connectivity index (χ2v) is 2.54. The van der Waals surface area contributed by atoms with Gasteiger partial charge in [0, 0.05) is 11.1 Å². The fraction of sp³-hybridized carbons (Fsp3) is 0.250. The van der Waals surface area contributed by atoms with Crippen LogP contribution in [-0.2, 0) is 0 Å². The van der Waals surface area contributed by atoms with Crippen LogP contribution in [0.1, 0.15) is 11.1 Å². The van der Waals surface area contributed by atoms with Gasteiger partial charge in [-0.1, -0.05) is 0 Å². The molecule has 0 unspecified atom stereocenters. The maximum absolute atomic E-state index is 12.8. The van der Waals surface area contributed by atoms with E-state index in [-0.39, 0.29) is 0 Å². The molecule has 1 N–H and O–H groups in total. The quantitative estimate of drug-likeness (QED) is 0.602. The van der Waals surface area contributed by atoms with Crippen molar-refractivity contribution in [2.75, 3.05) is 0 Å². The maximum Gasteiger partial charge on any atom is 0.171 e. The zero-order chi connectivity index (χ0) is 9.46. The van der Waals surface area contributed by atoms with Crippen LogP contribution in [0.2, 0.25) is 0 Å². The van der Waals surface area contributed by atoms with Crippen LogP contribution in [-0.4, -0.2) is 5.11 Å². The van der Waals surface area contributed by atoms with Crippen LogP contribution in [0.25, 0.3) is 0 Å². The fourth-order valence-electron chi connectivity index (χ4n) is 0.872. The highest BCUT2D eigenvalue weighted by atomic mass is 19.2. The summed E-state index contributed by atoms with van der Waals surface area (Å²) >= 11 is 0. The number of aromatic hydroxyl groups is 1. The van der Waals surface area contributed by atoms with Gasteiger partial charge in [-0.2, -0.15) is 0 Å². The number of benzene rings is 1. The van der Waals surface area contributed by atoms with Crippen molar-refractivity contribution in [1.29, 1.82) is 0 Å². The molecule has 4 heteroatoms. The molecule has 0 spiro atoms. The second kappa shape index (κ2) is 2.69. The van der Waals surface area contributed by atoms with Gasteiger partial charge in [0.15, 0.2) is 23.2 Å². The first-order valence-corrected chi connectivity index (χ1v) is 3.29. The Balaban J connectivity index is 3.60. The number of phenols is 1. The van der Waals surface area contributed by atoms with Crippen LogP contribution in [0.15, 0.2) is 0 Å². The van der Waals surface area contributed by atoms with E-state index >= 15 is 0 Å². The smallest absolute Gasteiger partial charge is 0.171 e. The number of hydrogen-bond acceptors (Lipinski definition) is 1. The Morgan fingerprint density at radius 3 is 1.75 bits per heavy atom. The van der Waals surface area contributed by atoms with E-state index in [2.05, 4.69) is 0 Å². The van der Waals surface area contributed by atoms with E-state index < -0.39 is 34.3 Å². The number of hydrogen-bond donors (Lipinski definition) is 1. The normalized spacial score (nSPS) is 10.4. The van der Waals surface area contributed by atoms with Crippen molar-refractivity contribution in [3.05, 3.63) is 28.6 Å². The van der Waals surface area contributed by atoms with Gasteiger partial charge < -0.3 is 5.11 Å². The van der Waals surface area contributed by atoms with E-state index in [0.717, 1.165) is 13.8 Å². The third-order valence-electron chi connectivity index (χ3n) is 1.74. The van der Waals surface area contributed by atoms with E-state index in [1.807, 2.05) is 0 Å². The molecule has 0 aliphatic carbocycles. The molecule has 0 atom stereocenters. The Morgan fingerprint density at radius 2 is 1.25 bits per heavy atom. The monoisotopic (exact) mass is 176 g/mol. The molecule has 0 saturated heterocycles. The Labute approximate surface area is 67.5 Å². The van der Waals surface area contributed by atoms with Crippen LogP contribution in [0.5, 0.6) is 5.75 Å². The zero-order valence-corrected chi connectivity index (χ0v) is 6.58. The molecule has 12 heavy (non-hydrogen) atoms. The molecule has 0 radical (unpaired) electrons. The fourth-order valence-corrected chi connectivity index (χ4v) is 0.872. The lowest BCUT2D eigenvalue weighted by Crippen LogP contribution is -1.98. The minimum atomic E-state index is -1.25. The molecular weight excluding hydrogens is 169 g/mol. The van der Waals surface area contributed by atoms with Crippen molar-refractivity contribution in [2.24, 2.45) is 0 Å². The molecule has 66 valence electrons. The Morgan fingerprint density at radius 1 is 0.833 bits per heavy atom. The van der Waals surface area contributed by atoms with Crippen LogP contribution in [0.4, 0.5) is 13.2 Å². The van der Waals surface area contributed by atoms with Gasteiger partial charge in [-0.15, -0.1) is 0 Å². The highest BCUT2D eigenvalue weighted by molar-refractivity contribution is 5.38. The van der Waals surface area contributed by atoms with Crippen molar-refractivity contribution in [3.63, 3.8) is 0 Å². The number of rotatable bonds is 0. The molecule has 1 nitrogen and oxygen atoms in total. The van der Waals surface area contributed by atoms with Gasteiger partial charge in [0.05, 0.1) is 0 Å². The van der Waals surface area contributed by atoms with Crippen molar-refractivity contribution in [1.82, 2.24) is 0 Å². The van der Waals surface area contributed by atoms with Crippen molar-refractivity contribution in [3.8, 4) is 5.75 Å². The molecule has 0 aliphatic heterocycles. The Hall–Kier alpha value is -1.19. The molecule has 0 heterocycles. The van der Waals surface area contributed by atoms with Gasteiger partial charge in [-0.25, -0.2) is 13.2 Å². The van der Waals surface area contributed by atoms with E-state index in [9.17, 15) is 13.2 Å². The summed E-state index contributed by atoms with van der Waals surface area (Å²) in [6.45, 7) is 2.17. The van der Waals surface area contributed by atoms with E-state index in [1.165, 1.54) is 0 Å². The largest absolute Gasteiger partial charge is 0.505 e. The SMILES string of the molecule is Cc1c(O)c(F)c(C)c(F)c1F. The molecule has 0 aliphatic rings. The molecule has 0 amide bonds. The highest BCUT2D eigenvalue weighted by Gasteiger charge is 2.18.